The van der Waals surface area contributed by atoms with Crippen molar-refractivity contribution in [2.45, 2.75) is 10.9 Å². The molecule has 5 rings (SSSR count). The van der Waals surface area contributed by atoms with Crippen LogP contribution >= 0.6 is 0 Å². The van der Waals surface area contributed by atoms with Gasteiger partial charge in [-0.1, -0.05) is 54.6 Å². The molecule has 1 aliphatic rings. The summed E-state index contributed by atoms with van der Waals surface area (Å²) >= 11 is 0. The van der Waals surface area contributed by atoms with Crippen LogP contribution in [0.3, 0.4) is 0 Å². The molecule has 0 radical (unpaired) electrons. The number of fused-ring (bicyclic) bond motifs is 1. The maximum atomic E-state index is 13.6. The highest BCUT2D eigenvalue weighted by molar-refractivity contribution is 7.89. The molecule has 4 aromatic carbocycles. The van der Waals surface area contributed by atoms with E-state index in [9.17, 15) is 17.2 Å². The first-order chi connectivity index (χ1) is 16.4. The second kappa shape index (κ2) is 9.25. The van der Waals surface area contributed by atoms with E-state index in [2.05, 4.69) is 4.90 Å². The second-order valence-electron chi connectivity index (χ2n) is 8.45. The largest absolute Gasteiger partial charge is 0.290 e. The normalized spacial score (nSPS) is 15.7. The summed E-state index contributed by atoms with van der Waals surface area (Å²) in [5.41, 5.74) is 1.75. The van der Waals surface area contributed by atoms with Crippen LogP contribution in [0.2, 0.25) is 0 Å². The van der Waals surface area contributed by atoms with Gasteiger partial charge in [-0.2, -0.15) is 4.31 Å². The predicted octanol–water partition coefficient (Wildman–Crippen LogP) is 5.21. The summed E-state index contributed by atoms with van der Waals surface area (Å²) < 4.78 is 55.3. The molecule has 0 amide bonds. The summed E-state index contributed by atoms with van der Waals surface area (Å²) in [4.78, 5) is 2.45. The van der Waals surface area contributed by atoms with Gasteiger partial charge in [0.05, 0.1) is 10.9 Å². The summed E-state index contributed by atoms with van der Waals surface area (Å²) in [5, 5.41) is 1.88. The van der Waals surface area contributed by atoms with Gasteiger partial charge in [-0.25, -0.2) is 17.2 Å². The maximum Gasteiger partial charge on any atom is 0.243 e. The Morgan fingerprint density at radius 1 is 0.647 bits per heavy atom. The molecule has 1 aliphatic heterocycles. The number of benzene rings is 4. The van der Waals surface area contributed by atoms with Crippen molar-refractivity contribution < 1.29 is 17.2 Å². The minimum atomic E-state index is -3.64. The van der Waals surface area contributed by atoms with Crippen molar-refractivity contribution in [3.63, 3.8) is 0 Å². The van der Waals surface area contributed by atoms with Crippen LogP contribution in [-0.4, -0.2) is 43.8 Å². The number of nitrogens with zero attached hydrogens (tertiary/aromatic N) is 2. The quantitative estimate of drug-likeness (QED) is 0.395. The fourth-order valence-electron chi connectivity index (χ4n) is 4.58. The lowest BCUT2D eigenvalue weighted by Gasteiger charge is -2.39. The Balaban J connectivity index is 1.39. The van der Waals surface area contributed by atoms with Crippen LogP contribution in [0.25, 0.3) is 10.8 Å². The molecule has 0 atom stereocenters. The van der Waals surface area contributed by atoms with Gasteiger partial charge in [-0.15, -0.1) is 0 Å². The molecule has 34 heavy (non-hydrogen) atoms. The molecule has 1 heterocycles. The molecule has 4 nitrogen and oxygen atoms in total. The summed E-state index contributed by atoms with van der Waals surface area (Å²) in [5.74, 6) is -0.652. The molecule has 1 fully saturated rings. The summed E-state index contributed by atoms with van der Waals surface area (Å²) in [7, 11) is -3.64. The van der Waals surface area contributed by atoms with Gasteiger partial charge in [0, 0.05) is 26.2 Å². The molecule has 7 heteroatoms. The van der Waals surface area contributed by atoms with Crippen molar-refractivity contribution in [2.24, 2.45) is 0 Å². The highest BCUT2D eigenvalue weighted by Gasteiger charge is 2.32. The van der Waals surface area contributed by atoms with Gasteiger partial charge < -0.3 is 0 Å². The van der Waals surface area contributed by atoms with E-state index >= 15 is 0 Å². The molecule has 0 aliphatic carbocycles. The lowest BCUT2D eigenvalue weighted by Crippen LogP contribution is -2.49. The minimum absolute atomic E-state index is 0.230. The van der Waals surface area contributed by atoms with Crippen LogP contribution < -0.4 is 0 Å². The van der Waals surface area contributed by atoms with Crippen LogP contribution in [0.15, 0.2) is 95.9 Å². The molecule has 0 unspecified atom stereocenters. The van der Waals surface area contributed by atoms with Gasteiger partial charge in [0.25, 0.3) is 0 Å². The Kier molecular flexibility index (Phi) is 6.16. The molecule has 174 valence electrons. The average Bonchev–Trinajstić information content (AvgIpc) is 2.86. The Hall–Kier alpha value is -3.13. The van der Waals surface area contributed by atoms with Gasteiger partial charge in [0.2, 0.25) is 10.0 Å². The van der Waals surface area contributed by atoms with Gasteiger partial charge in [0.1, 0.15) is 11.6 Å². The standard InChI is InChI=1S/C27H24F2N2O2S/c28-24-10-5-21(6-11-24)27(22-7-12-25(29)13-8-22)30-15-17-31(18-16-30)34(32,33)26-14-9-20-3-1-2-4-23(20)19-26/h1-14,19,27H,15-18H2. The molecule has 0 aromatic heterocycles. The second-order valence-corrected chi connectivity index (χ2v) is 10.4. The fourth-order valence-corrected chi connectivity index (χ4v) is 6.04. The monoisotopic (exact) mass is 478 g/mol. The molecule has 0 N–H and O–H groups in total. The number of piperazine rings is 1. The van der Waals surface area contributed by atoms with E-state index in [1.807, 2.05) is 30.3 Å². The first kappa shape index (κ1) is 22.7. The predicted molar refractivity (Wildman–Crippen MR) is 129 cm³/mol. The lowest BCUT2D eigenvalue weighted by atomic mass is 9.96. The van der Waals surface area contributed by atoms with E-state index in [-0.39, 0.29) is 22.6 Å². The lowest BCUT2D eigenvalue weighted by molar-refractivity contribution is 0.155. The molecular weight excluding hydrogens is 454 g/mol. The molecule has 0 spiro atoms. The SMILES string of the molecule is O=S(=O)(c1ccc2ccccc2c1)N1CCN(C(c2ccc(F)cc2)c2ccc(F)cc2)CC1. The number of rotatable bonds is 5. The average molecular weight is 479 g/mol. The van der Waals surface area contributed by atoms with Crippen molar-refractivity contribution in [3.8, 4) is 0 Å². The van der Waals surface area contributed by atoms with Crippen LogP contribution in [0.4, 0.5) is 8.78 Å². The van der Waals surface area contributed by atoms with E-state index in [0.29, 0.717) is 26.2 Å². The summed E-state index contributed by atoms with van der Waals surface area (Å²) in [6.45, 7) is 1.64. The van der Waals surface area contributed by atoms with E-state index in [1.54, 1.807) is 36.4 Å². The third-order valence-corrected chi connectivity index (χ3v) is 8.26. The first-order valence-corrected chi connectivity index (χ1v) is 12.6. The zero-order chi connectivity index (χ0) is 23.7. The number of halogens is 2. The third kappa shape index (κ3) is 4.46. The number of hydrogen-bond acceptors (Lipinski definition) is 3. The maximum absolute atomic E-state index is 13.6. The number of hydrogen-bond donors (Lipinski definition) is 0. The molecule has 4 aromatic rings. The van der Waals surface area contributed by atoms with E-state index in [4.69, 9.17) is 0 Å². The zero-order valence-corrected chi connectivity index (χ0v) is 19.3. The van der Waals surface area contributed by atoms with Crippen LogP contribution in [0, 0.1) is 11.6 Å². The molecular formula is C27H24F2N2O2S. The Labute approximate surface area is 198 Å². The molecule has 0 saturated carbocycles. The van der Waals surface area contributed by atoms with Crippen molar-refractivity contribution in [1.82, 2.24) is 9.21 Å². The highest BCUT2D eigenvalue weighted by atomic mass is 32.2. The topological polar surface area (TPSA) is 40.6 Å². The smallest absolute Gasteiger partial charge is 0.243 e. The highest BCUT2D eigenvalue weighted by Crippen LogP contribution is 2.31. The molecule has 0 bridgehead atoms. The van der Waals surface area contributed by atoms with Crippen LogP contribution in [-0.2, 0) is 10.0 Å². The Bertz CT molecular complexity index is 1350. The van der Waals surface area contributed by atoms with Gasteiger partial charge in [0.15, 0.2) is 0 Å². The van der Waals surface area contributed by atoms with Crippen molar-refractivity contribution in [1.29, 1.82) is 0 Å². The minimum Gasteiger partial charge on any atom is -0.290 e. The van der Waals surface area contributed by atoms with Crippen LogP contribution in [0.1, 0.15) is 17.2 Å². The summed E-state index contributed by atoms with van der Waals surface area (Å²) in [6.07, 6.45) is 0. The van der Waals surface area contributed by atoms with Crippen molar-refractivity contribution in [3.05, 3.63) is 114 Å². The van der Waals surface area contributed by atoms with E-state index in [0.717, 1.165) is 21.9 Å². The first-order valence-electron chi connectivity index (χ1n) is 11.2. The Morgan fingerprint density at radius 3 is 1.74 bits per heavy atom. The Morgan fingerprint density at radius 2 is 1.18 bits per heavy atom. The van der Waals surface area contributed by atoms with Gasteiger partial charge >= 0.3 is 0 Å². The zero-order valence-electron chi connectivity index (χ0n) is 18.4. The van der Waals surface area contributed by atoms with Crippen LogP contribution in [0.5, 0.6) is 0 Å². The third-order valence-electron chi connectivity index (χ3n) is 6.37. The van der Waals surface area contributed by atoms with Gasteiger partial charge in [-0.05, 0) is 58.3 Å². The van der Waals surface area contributed by atoms with Crippen molar-refractivity contribution >= 4 is 20.8 Å². The van der Waals surface area contributed by atoms with Gasteiger partial charge in [-0.3, -0.25) is 4.90 Å². The van der Waals surface area contributed by atoms with E-state index in [1.165, 1.54) is 28.6 Å². The van der Waals surface area contributed by atoms with Crippen molar-refractivity contribution in [2.75, 3.05) is 26.2 Å². The fraction of sp³-hybridized carbons (Fsp3) is 0.185. The summed E-state index contributed by atoms with van der Waals surface area (Å²) in [6, 6.07) is 25.2. The molecule has 1 saturated heterocycles. The number of sulfonamides is 1. The van der Waals surface area contributed by atoms with E-state index < -0.39 is 10.0 Å².